The maximum absolute atomic E-state index is 14.6. The Labute approximate surface area is 186 Å². The zero-order valence-corrected chi connectivity index (χ0v) is 18.4. The largest absolute Gasteiger partial charge is 0.316 e. The predicted octanol–water partition coefficient (Wildman–Crippen LogP) is 4.45. The third-order valence-corrected chi connectivity index (χ3v) is 7.29. The fourth-order valence-electron chi connectivity index (χ4n) is 3.84. The highest BCUT2D eigenvalue weighted by molar-refractivity contribution is 7.90. The fraction of sp³-hybridized carbons (Fsp3) is 0.208. The molecule has 6 nitrogen and oxygen atoms in total. The van der Waals surface area contributed by atoms with Gasteiger partial charge in [0.2, 0.25) is 0 Å². The normalized spacial score (nSPS) is 14.1. The molecule has 0 spiro atoms. The molecule has 1 saturated carbocycles. The second kappa shape index (κ2) is 8.03. The van der Waals surface area contributed by atoms with Crippen LogP contribution in [0.2, 0.25) is 0 Å². The third kappa shape index (κ3) is 3.76. The lowest BCUT2D eigenvalue weighted by molar-refractivity contribution is 0.587. The van der Waals surface area contributed by atoms with E-state index in [9.17, 15) is 12.8 Å². The minimum absolute atomic E-state index is 0.137. The molecule has 164 valence electrons. The summed E-state index contributed by atoms with van der Waals surface area (Å²) >= 11 is 0. The molecule has 0 aliphatic heterocycles. The zero-order valence-electron chi connectivity index (χ0n) is 17.6. The highest BCUT2D eigenvalue weighted by atomic mass is 32.2. The van der Waals surface area contributed by atoms with Gasteiger partial charge >= 0.3 is 0 Å². The van der Waals surface area contributed by atoms with Gasteiger partial charge < -0.3 is 5.32 Å². The fourth-order valence-corrected chi connectivity index (χ4v) is 5.27. The van der Waals surface area contributed by atoms with E-state index in [4.69, 9.17) is 0 Å². The van der Waals surface area contributed by atoms with E-state index < -0.39 is 15.8 Å². The topological polar surface area (TPSA) is 68.9 Å². The molecule has 1 aliphatic rings. The molecule has 0 atom stereocenters. The van der Waals surface area contributed by atoms with Crippen LogP contribution in [0.4, 0.5) is 4.39 Å². The first-order chi connectivity index (χ1) is 15.5. The van der Waals surface area contributed by atoms with Crippen molar-refractivity contribution >= 4 is 10.0 Å². The van der Waals surface area contributed by atoms with Crippen molar-refractivity contribution in [2.75, 3.05) is 7.05 Å². The van der Waals surface area contributed by atoms with Crippen LogP contribution < -0.4 is 5.32 Å². The number of halogens is 1. The van der Waals surface area contributed by atoms with Gasteiger partial charge in [-0.25, -0.2) is 16.8 Å². The number of rotatable bonds is 7. The van der Waals surface area contributed by atoms with Crippen molar-refractivity contribution in [3.05, 3.63) is 84.6 Å². The summed E-state index contributed by atoms with van der Waals surface area (Å²) in [4.78, 5) is 0.137. The number of hydrogen-bond donors (Lipinski definition) is 1. The summed E-state index contributed by atoms with van der Waals surface area (Å²) in [6.45, 7) is 0.463. The predicted molar refractivity (Wildman–Crippen MR) is 121 cm³/mol. The summed E-state index contributed by atoms with van der Waals surface area (Å²) in [5.74, 6) is -0.473. The molecule has 4 aromatic rings. The van der Waals surface area contributed by atoms with Crippen LogP contribution in [0.1, 0.15) is 24.4 Å². The van der Waals surface area contributed by atoms with Gasteiger partial charge in [-0.3, -0.25) is 4.68 Å². The molecule has 8 heteroatoms. The van der Waals surface area contributed by atoms with Crippen LogP contribution >= 0.6 is 0 Å². The van der Waals surface area contributed by atoms with Gasteiger partial charge in [-0.2, -0.15) is 5.10 Å². The average molecular weight is 451 g/mol. The maximum atomic E-state index is 14.6. The lowest BCUT2D eigenvalue weighted by Crippen LogP contribution is -2.14. The van der Waals surface area contributed by atoms with Crippen molar-refractivity contribution in [2.24, 2.45) is 0 Å². The maximum Gasteiger partial charge on any atom is 0.268 e. The van der Waals surface area contributed by atoms with E-state index >= 15 is 0 Å². The molecule has 32 heavy (non-hydrogen) atoms. The molecular weight excluding hydrogens is 427 g/mol. The van der Waals surface area contributed by atoms with Crippen LogP contribution in [0.5, 0.6) is 0 Å². The Morgan fingerprint density at radius 3 is 2.62 bits per heavy atom. The quantitative estimate of drug-likeness (QED) is 0.452. The van der Waals surface area contributed by atoms with Gasteiger partial charge in [-0.1, -0.05) is 24.3 Å². The minimum Gasteiger partial charge on any atom is -0.316 e. The summed E-state index contributed by atoms with van der Waals surface area (Å²) in [5.41, 5.74) is 2.91. The van der Waals surface area contributed by atoms with Crippen LogP contribution in [-0.2, 0) is 16.6 Å². The van der Waals surface area contributed by atoms with Crippen LogP contribution in [0.3, 0.4) is 0 Å². The standard InChI is InChI=1S/C24H23FN4O2S/c1-26-13-17-11-24(22-7-2-3-8-23(22)25)29(15-17)32(30,31)21-6-4-5-18(12-21)19-14-27-28(16-19)20-9-10-20/h2-8,11-12,14-16,20,26H,9-10,13H2,1H3. The number of benzene rings is 2. The first-order valence-electron chi connectivity index (χ1n) is 10.5. The van der Waals surface area contributed by atoms with Gasteiger partial charge in [0.25, 0.3) is 10.0 Å². The van der Waals surface area contributed by atoms with E-state index in [1.807, 2.05) is 16.9 Å². The van der Waals surface area contributed by atoms with Gasteiger partial charge in [0, 0.05) is 30.1 Å². The summed E-state index contributed by atoms with van der Waals surface area (Å²) in [6, 6.07) is 15.1. The highest BCUT2D eigenvalue weighted by Crippen LogP contribution is 2.35. The number of aromatic nitrogens is 3. The molecule has 5 rings (SSSR count). The molecule has 0 amide bonds. The van der Waals surface area contributed by atoms with Gasteiger partial charge in [0.05, 0.1) is 22.8 Å². The summed E-state index contributed by atoms with van der Waals surface area (Å²) in [7, 11) is -2.19. The molecule has 0 radical (unpaired) electrons. The average Bonchev–Trinajstić information content (AvgIpc) is 3.36. The van der Waals surface area contributed by atoms with Crippen molar-refractivity contribution in [1.82, 2.24) is 19.1 Å². The number of nitrogens with zero attached hydrogens (tertiary/aromatic N) is 3. The monoisotopic (exact) mass is 450 g/mol. The van der Waals surface area contributed by atoms with E-state index in [1.54, 1.807) is 61.9 Å². The summed E-state index contributed by atoms with van der Waals surface area (Å²) < 4.78 is 45.0. The summed E-state index contributed by atoms with van der Waals surface area (Å²) in [5, 5.41) is 7.42. The lowest BCUT2D eigenvalue weighted by Gasteiger charge is -2.12. The van der Waals surface area contributed by atoms with Crippen molar-refractivity contribution in [2.45, 2.75) is 30.3 Å². The van der Waals surface area contributed by atoms with Crippen LogP contribution in [0.25, 0.3) is 22.4 Å². The first kappa shape index (κ1) is 20.7. The molecule has 1 fully saturated rings. The molecule has 2 aromatic carbocycles. The first-order valence-corrected chi connectivity index (χ1v) is 11.9. The molecule has 0 unspecified atom stereocenters. The zero-order chi connectivity index (χ0) is 22.3. The van der Waals surface area contributed by atoms with Gasteiger partial charge in [0.15, 0.2) is 0 Å². The second-order valence-corrected chi connectivity index (χ2v) is 9.83. The van der Waals surface area contributed by atoms with Crippen molar-refractivity contribution in [3.63, 3.8) is 0 Å². The molecule has 0 bridgehead atoms. The lowest BCUT2D eigenvalue weighted by atomic mass is 10.1. The van der Waals surface area contributed by atoms with Gasteiger partial charge in [0.1, 0.15) is 5.82 Å². The molecule has 1 N–H and O–H groups in total. The Bertz CT molecular complexity index is 1390. The Kier molecular flexibility index (Phi) is 5.19. The minimum atomic E-state index is -3.96. The number of hydrogen-bond acceptors (Lipinski definition) is 4. The van der Waals surface area contributed by atoms with E-state index in [0.717, 1.165) is 29.5 Å². The van der Waals surface area contributed by atoms with Crippen LogP contribution in [0.15, 0.2) is 78.1 Å². The molecule has 2 heterocycles. The van der Waals surface area contributed by atoms with Gasteiger partial charge in [-0.05, 0) is 61.3 Å². The Morgan fingerprint density at radius 1 is 1.06 bits per heavy atom. The van der Waals surface area contributed by atoms with Gasteiger partial charge in [-0.15, -0.1) is 0 Å². The van der Waals surface area contributed by atoms with Crippen LogP contribution in [-0.4, -0.2) is 29.2 Å². The molecule has 1 aliphatic carbocycles. The van der Waals surface area contributed by atoms with E-state index in [-0.39, 0.29) is 10.5 Å². The Balaban J connectivity index is 1.59. The van der Waals surface area contributed by atoms with E-state index in [1.165, 1.54) is 10.0 Å². The molecular formula is C24H23FN4O2S. The molecule has 0 saturated heterocycles. The van der Waals surface area contributed by atoms with Crippen molar-refractivity contribution in [1.29, 1.82) is 0 Å². The van der Waals surface area contributed by atoms with Crippen molar-refractivity contribution < 1.29 is 12.8 Å². The Morgan fingerprint density at radius 2 is 1.88 bits per heavy atom. The third-order valence-electron chi connectivity index (χ3n) is 5.62. The smallest absolute Gasteiger partial charge is 0.268 e. The van der Waals surface area contributed by atoms with Crippen LogP contribution in [0, 0.1) is 5.82 Å². The van der Waals surface area contributed by atoms with Crippen molar-refractivity contribution in [3.8, 4) is 22.4 Å². The number of nitrogens with one attached hydrogen (secondary N) is 1. The second-order valence-electron chi connectivity index (χ2n) is 8.01. The molecule has 2 aromatic heterocycles. The SMILES string of the molecule is CNCc1cc(-c2ccccc2F)n(S(=O)(=O)c2cccc(-c3cnn(C4CC4)c3)c2)c1. The summed E-state index contributed by atoms with van der Waals surface area (Å²) in [6.07, 6.45) is 7.50. The van der Waals surface area contributed by atoms with E-state index in [0.29, 0.717) is 18.3 Å². The highest BCUT2D eigenvalue weighted by Gasteiger charge is 2.26. The Hall–Kier alpha value is -3.23. The van der Waals surface area contributed by atoms with E-state index in [2.05, 4.69) is 10.4 Å².